The van der Waals surface area contributed by atoms with Crippen LogP contribution >= 0.6 is 0 Å². The summed E-state index contributed by atoms with van der Waals surface area (Å²) in [5, 5.41) is 7.53. The van der Waals surface area contributed by atoms with E-state index in [-0.39, 0.29) is 0 Å². The monoisotopic (exact) mass is 262 g/mol. The topological polar surface area (TPSA) is 38.1 Å². The first-order valence-corrected chi connectivity index (χ1v) is 7.56. The van der Waals surface area contributed by atoms with Crippen molar-refractivity contribution in [1.82, 2.24) is 10.5 Å². The van der Waals surface area contributed by atoms with Crippen molar-refractivity contribution in [2.45, 2.75) is 52.9 Å². The lowest BCUT2D eigenvalue weighted by Gasteiger charge is -2.25. The molecule has 0 atom stereocenters. The highest BCUT2D eigenvalue weighted by molar-refractivity contribution is 5.57. The van der Waals surface area contributed by atoms with Gasteiger partial charge in [-0.3, -0.25) is 0 Å². The summed E-state index contributed by atoms with van der Waals surface area (Å²) >= 11 is 0. The van der Waals surface area contributed by atoms with E-state index < -0.39 is 0 Å². The molecular weight excluding hydrogens is 236 g/mol. The second kappa shape index (κ2) is 6.90. The van der Waals surface area contributed by atoms with Gasteiger partial charge >= 0.3 is 0 Å². The lowest BCUT2D eigenvalue weighted by Crippen LogP contribution is -2.22. The van der Waals surface area contributed by atoms with Gasteiger partial charge in [-0.05, 0) is 45.2 Å². The Hall–Kier alpha value is -1.09. The van der Waals surface area contributed by atoms with E-state index >= 15 is 0 Å². The van der Waals surface area contributed by atoms with E-state index in [9.17, 15) is 0 Å². The molecule has 0 bridgehead atoms. The second-order valence-corrected chi connectivity index (χ2v) is 5.57. The average molecular weight is 262 g/mol. The van der Waals surface area contributed by atoms with Crippen LogP contribution in [0.4, 0.5) is 0 Å². The van der Waals surface area contributed by atoms with Crippen molar-refractivity contribution in [1.29, 1.82) is 0 Å². The number of aryl methyl sites for hydroxylation is 2. The van der Waals surface area contributed by atoms with Gasteiger partial charge in [0.05, 0.1) is 5.69 Å². The number of hydrogen-bond acceptors (Lipinski definition) is 3. The van der Waals surface area contributed by atoms with Crippen LogP contribution in [0.1, 0.15) is 56.0 Å². The fraction of sp³-hybridized carbons (Fsp3) is 0.688. The molecule has 1 aromatic heterocycles. The molecule has 1 aliphatic carbocycles. The van der Waals surface area contributed by atoms with Gasteiger partial charge in [-0.2, -0.15) is 0 Å². The third-order valence-electron chi connectivity index (χ3n) is 4.13. The Labute approximate surface area is 116 Å². The van der Waals surface area contributed by atoms with Gasteiger partial charge in [-0.25, -0.2) is 0 Å². The Morgan fingerprint density at radius 3 is 2.63 bits per heavy atom. The lowest BCUT2D eigenvalue weighted by molar-refractivity contribution is 0.392. The lowest BCUT2D eigenvalue weighted by atomic mass is 9.83. The molecule has 106 valence electrons. The van der Waals surface area contributed by atoms with Crippen molar-refractivity contribution in [2.24, 2.45) is 5.92 Å². The maximum Gasteiger partial charge on any atom is 0.141 e. The molecule has 19 heavy (non-hydrogen) atoms. The molecule has 0 spiro atoms. The smallest absolute Gasteiger partial charge is 0.141 e. The van der Waals surface area contributed by atoms with Crippen LogP contribution < -0.4 is 5.32 Å². The molecule has 1 N–H and O–H groups in total. The van der Waals surface area contributed by atoms with E-state index in [1.807, 2.05) is 13.8 Å². The van der Waals surface area contributed by atoms with Gasteiger partial charge < -0.3 is 9.84 Å². The van der Waals surface area contributed by atoms with Crippen LogP contribution in [0, 0.1) is 19.8 Å². The van der Waals surface area contributed by atoms with E-state index in [0.717, 1.165) is 30.5 Å². The summed E-state index contributed by atoms with van der Waals surface area (Å²) in [7, 11) is 0. The van der Waals surface area contributed by atoms with E-state index in [4.69, 9.17) is 4.52 Å². The molecule has 1 aliphatic rings. The largest absolute Gasteiger partial charge is 0.361 e. The molecule has 0 radical (unpaired) electrons. The minimum atomic E-state index is 0.737. The number of nitrogens with one attached hydrogen (secondary N) is 1. The molecule has 0 unspecified atom stereocenters. The Balaban J connectivity index is 2.20. The molecule has 2 rings (SSSR count). The first-order chi connectivity index (χ1) is 9.22. The van der Waals surface area contributed by atoms with E-state index in [1.54, 1.807) is 0 Å². The highest BCUT2D eigenvalue weighted by Gasteiger charge is 2.18. The van der Waals surface area contributed by atoms with Crippen molar-refractivity contribution in [3.63, 3.8) is 0 Å². The fourth-order valence-corrected chi connectivity index (χ4v) is 2.94. The molecule has 1 aromatic rings. The fourth-order valence-electron chi connectivity index (χ4n) is 2.94. The molecule has 1 fully saturated rings. The predicted octanol–water partition coefficient (Wildman–Crippen LogP) is 3.86. The summed E-state index contributed by atoms with van der Waals surface area (Å²) in [6.45, 7) is 8.19. The van der Waals surface area contributed by atoms with Crippen LogP contribution in [-0.4, -0.2) is 18.2 Å². The minimum Gasteiger partial charge on any atom is -0.361 e. The first-order valence-electron chi connectivity index (χ1n) is 7.56. The molecule has 0 aromatic carbocycles. The van der Waals surface area contributed by atoms with Crippen LogP contribution in [0.3, 0.4) is 0 Å². The van der Waals surface area contributed by atoms with Crippen molar-refractivity contribution in [2.75, 3.05) is 13.1 Å². The van der Waals surface area contributed by atoms with Crippen molar-refractivity contribution < 1.29 is 4.52 Å². The Kier molecular flexibility index (Phi) is 5.20. The van der Waals surface area contributed by atoms with Gasteiger partial charge in [0.1, 0.15) is 5.76 Å². The van der Waals surface area contributed by atoms with E-state index in [2.05, 4.69) is 23.5 Å². The average Bonchev–Trinajstić information content (AvgIpc) is 2.75. The standard InChI is InChI=1S/C16H26N2O/c1-4-17-11-15(14-8-6-5-7-9-14)10-16-12(2)18-19-13(16)3/h10,14,17H,4-9,11H2,1-3H3. The number of rotatable bonds is 5. The molecule has 3 heteroatoms. The summed E-state index contributed by atoms with van der Waals surface area (Å²) in [5.41, 5.74) is 3.71. The molecule has 0 amide bonds. The van der Waals surface area contributed by atoms with E-state index in [0.29, 0.717) is 0 Å². The van der Waals surface area contributed by atoms with Crippen LogP contribution in [0.15, 0.2) is 10.1 Å². The number of likely N-dealkylation sites (N-methyl/N-ethyl adjacent to an activating group) is 1. The maximum absolute atomic E-state index is 5.27. The Morgan fingerprint density at radius 2 is 2.05 bits per heavy atom. The van der Waals surface area contributed by atoms with Crippen molar-refractivity contribution >= 4 is 6.08 Å². The first kappa shape index (κ1) is 14.3. The van der Waals surface area contributed by atoms with Gasteiger partial charge in [0.2, 0.25) is 0 Å². The number of hydrogen-bond donors (Lipinski definition) is 1. The Morgan fingerprint density at radius 1 is 1.32 bits per heavy atom. The summed E-state index contributed by atoms with van der Waals surface area (Å²) in [5.74, 6) is 1.67. The van der Waals surface area contributed by atoms with Crippen LogP contribution in [-0.2, 0) is 0 Å². The molecular formula is C16H26N2O. The maximum atomic E-state index is 5.27. The molecule has 0 aliphatic heterocycles. The third-order valence-corrected chi connectivity index (χ3v) is 4.13. The number of aromatic nitrogens is 1. The highest BCUT2D eigenvalue weighted by Crippen LogP contribution is 2.31. The minimum absolute atomic E-state index is 0.737. The zero-order valence-electron chi connectivity index (χ0n) is 12.5. The van der Waals surface area contributed by atoms with Crippen molar-refractivity contribution in [3.8, 4) is 0 Å². The Bertz CT molecular complexity index is 408. The van der Waals surface area contributed by atoms with Crippen LogP contribution in [0.25, 0.3) is 6.08 Å². The molecule has 0 saturated heterocycles. The van der Waals surface area contributed by atoms with E-state index in [1.165, 1.54) is 43.2 Å². The third kappa shape index (κ3) is 3.69. The van der Waals surface area contributed by atoms with Crippen molar-refractivity contribution in [3.05, 3.63) is 22.6 Å². The quantitative estimate of drug-likeness (QED) is 0.875. The molecule has 1 heterocycles. The van der Waals surface area contributed by atoms with Gasteiger partial charge in [0.15, 0.2) is 0 Å². The van der Waals surface area contributed by atoms with Gasteiger partial charge in [0, 0.05) is 12.1 Å². The molecule has 1 saturated carbocycles. The van der Waals surface area contributed by atoms with Crippen LogP contribution in [0.2, 0.25) is 0 Å². The second-order valence-electron chi connectivity index (χ2n) is 5.57. The zero-order valence-corrected chi connectivity index (χ0v) is 12.5. The number of nitrogens with zero attached hydrogens (tertiary/aromatic N) is 1. The summed E-state index contributed by atoms with van der Waals surface area (Å²) < 4.78 is 5.27. The van der Waals surface area contributed by atoms with Gasteiger partial charge in [-0.1, -0.05) is 36.9 Å². The predicted molar refractivity (Wildman–Crippen MR) is 79.1 cm³/mol. The zero-order chi connectivity index (χ0) is 13.7. The SMILES string of the molecule is CCNCC(=Cc1c(C)noc1C)C1CCCCC1. The summed E-state index contributed by atoms with van der Waals surface area (Å²) in [4.78, 5) is 0. The van der Waals surface area contributed by atoms with Crippen LogP contribution in [0.5, 0.6) is 0 Å². The normalized spacial score (nSPS) is 17.9. The molecule has 3 nitrogen and oxygen atoms in total. The van der Waals surface area contributed by atoms with Gasteiger partial charge in [-0.15, -0.1) is 0 Å². The summed E-state index contributed by atoms with van der Waals surface area (Å²) in [6, 6.07) is 0. The highest BCUT2D eigenvalue weighted by atomic mass is 16.5. The van der Waals surface area contributed by atoms with Gasteiger partial charge in [0.25, 0.3) is 0 Å². The summed E-state index contributed by atoms with van der Waals surface area (Å²) in [6.07, 6.45) is 9.13.